The number of hydrogen-bond donors (Lipinski definition) is 2. The highest BCUT2D eigenvalue weighted by atomic mass is 35.5. The maximum absolute atomic E-state index is 12.2. The molecule has 0 heterocycles. The van der Waals surface area contributed by atoms with Crippen molar-refractivity contribution in [2.75, 3.05) is 11.6 Å². The van der Waals surface area contributed by atoms with E-state index in [-0.39, 0.29) is 28.6 Å². The van der Waals surface area contributed by atoms with Crippen LogP contribution in [0.4, 0.5) is 11.4 Å². The first-order valence-corrected chi connectivity index (χ1v) is 6.73. The molecular weight excluding hydrogens is 298 g/mol. The van der Waals surface area contributed by atoms with Gasteiger partial charge in [-0.15, -0.1) is 11.6 Å². The highest BCUT2D eigenvalue weighted by molar-refractivity contribution is 6.29. The number of non-ortho nitro benzene ring substituents is 1. The fourth-order valence-electron chi connectivity index (χ4n) is 1.70. The van der Waals surface area contributed by atoms with Gasteiger partial charge in [0, 0.05) is 23.4 Å². The molecule has 1 rings (SSSR count). The van der Waals surface area contributed by atoms with Crippen LogP contribution in [0, 0.1) is 10.1 Å². The Kier molecular flexibility index (Phi) is 5.26. The summed E-state index contributed by atoms with van der Waals surface area (Å²) in [7, 11) is 0. The van der Waals surface area contributed by atoms with Gasteiger partial charge in [-0.3, -0.25) is 19.7 Å². The Bertz CT molecular complexity index is 591. The zero-order valence-electron chi connectivity index (χ0n) is 11.7. The SMILES string of the molecule is CCC(C)(NC(=O)c1cc(N)cc([N+](=O)[O-])c1)C(=O)CCl. The molecular formula is C13H16ClN3O4. The number of alkyl halides is 1. The second-order valence-electron chi connectivity index (χ2n) is 4.77. The number of carbonyl (C=O) groups excluding carboxylic acids is 2. The maximum atomic E-state index is 12.2. The van der Waals surface area contributed by atoms with E-state index in [1.165, 1.54) is 6.07 Å². The molecule has 0 saturated carbocycles. The van der Waals surface area contributed by atoms with Crippen molar-refractivity contribution in [1.29, 1.82) is 0 Å². The van der Waals surface area contributed by atoms with Crippen LogP contribution >= 0.6 is 11.6 Å². The van der Waals surface area contributed by atoms with Crippen LogP contribution in [-0.2, 0) is 4.79 Å². The quantitative estimate of drug-likeness (QED) is 0.360. The molecule has 0 spiro atoms. The summed E-state index contributed by atoms with van der Waals surface area (Å²) in [6, 6.07) is 3.57. The lowest BCUT2D eigenvalue weighted by Crippen LogP contribution is -2.52. The molecule has 0 radical (unpaired) electrons. The Balaban J connectivity index is 3.09. The Labute approximate surface area is 126 Å². The number of nitro benzene ring substituents is 1. The third kappa shape index (κ3) is 3.91. The summed E-state index contributed by atoms with van der Waals surface area (Å²) in [5, 5.41) is 13.3. The van der Waals surface area contributed by atoms with E-state index in [4.69, 9.17) is 17.3 Å². The van der Waals surface area contributed by atoms with Gasteiger partial charge in [-0.1, -0.05) is 6.92 Å². The number of hydrogen-bond acceptors (Lipinski definition) is 5. The molecule has 0 aliphatic rings. The molecule has 1 amide bonds. The normalized spacial score (nSPS) is 13.3. The molecule has 7 nitrogen and oxygen atoms in total. The lowest BCUT2D eigenvalue weighted by molar-refractivity contribution is -0.384. The average Bonchev–Trinajstić information content (AvgIpc) is 2.45. The first-order valence-electron chi connectivity index (χ1n) is 6.20. The lowest BCUT2D eigenvalue weighted by atomic mass is 9.93. The first kappa shape index (κ1) is 16.9. The monoisotopic (exact) mass is 313 g/mol. The molecule has 0 saturated heterocycles. The van der Waals surface area contributed by atoms with Crippen LogP contribution in [0.5, 0.6) is 0 Å². The molecule has 1 atom stereocenters. The van der Waals surface area contributed by atoms with Gasteiger partial charge < -0.3 is 11.1 Å². The van der Waals surface area contributed by atoms with E-state index in [0.717, 1.165) is 12.1 Å². The zero-order valence-corrected chi connectivity index (χ0v) is 12.4. The van der Waals surface area contributed by atoms with E-state index in [0.29, 0.717) is 6.42 Å². The van der Waals surface area contributed by atoms with E-state index < -0.39 is 16.4 Å². The van der Waals surface area contributed by atoms with Crippen molar-refractivity contribution in [1.82, 2.24) is 5.32 Å². The van der Waals surface area contributed by atoms with E-state index in [1.54, 1.807) is 13.8 Å². The molecule has 114 valence electrons. The first-order chi connectivity index (χ1) is 9.73. The lowest BCUT2D eigenvalue weighted by Gasteiger charge is -2.27. The van der Waals surface area contributed by atoms with Gasteiger partial charge in [-0.25, -0.2) is 0 Å². The summed E-state index contributed by atoms with van der Waals surface area (Å²) in [5.74, 6) is -1.19. The third-order valence-electron chi connectivity index (χ3n) is 3.25. The van der Waals surface area contributed by atoms with Gasteiger partial charge >= 0.3 is 0 Å². The molecule has 1 unspecified atom stereocenters. The van der Waals surface area contributed by atoms with Crippen LogP contribution in [0.15, 0.2) is 18.2 Å². The van der Waals surface area contributed by atoms with Crippen LogP contribution in [0.1, 0.15) is 30.6 Å². The number of anilines is 1. The molecule has 1 aromatic carbocycles. The van der Waals surface area contributed by atoms with E-state index in [2.05, 4.69) is 5.32 Å². The van der Waals surface area contributed by atoms with Crippen molar-refractivity contribution >= 4 is 34.7 Å². The number of rotatable bonds is 6. The van der Waals surface area contributed by atoms with Crippen LogP contribution < -0.4 is 11.1 Å². The number of nitrogens with one attached hydrogen (secondary N) is 1. The van der Waals surface area contributed by atoms with E-state index in [1.807, 2.05) is 0 Å². The highest BCUT2D eigenvalue weighted by Gasteiger charge is 2.32. The molecule has 0 fully saturated rings. The van der Waals surface area contributed by atoms with E-state index >= 15 is 0 Å². The van der Waals surface area contributed by atoms with Crippen molar-refractivity contribution in [2.24, 2.45) is 0 Å². The molecule has 8 heteroatoms. The minimum Gasteiger partial charge on any atom is -0.399 e. The number of carbonyl (C=O) groups is 2. The second-order valence-corrected chi connectivity index (χ2v) is 5.03. The minimum absolute atomic E-state index is 0.0174. The van der Waals surface area contributed by atoms with Gasteiger partial charge in [0.05, 0.1) is 16.3 Å². The summed E-state index contributed by atoms with van der Waals surface area (Å²) in [6.45, 7) is 3.28. The van der Waals surface area contributed by atoms with Gasteiger partial charge in [0.25, 0.3) is 11.6 Å². The van der Waals surface area contributed by atoms with Gasteiger partial charge in [0.1, 0.15) is 0 Å². The number of nitro groups is 1. The number of nitrogen functional groups attached to an aromatic ring is 1. The number of halogens is 1. The third-order valence-corrected chi connectivity index (χ3v) is 3.49. The van der Waals surface area contributed by atoms with Gasteiger partial charge in [0.2, 0.25) is 0 Å². The molecule has 0 aromatic heterocycles. The molecule has 0 aliphatic heterocycles. The van der Waals surface area contributed by atoms with Crippen molar-refractivity contribution in [2.45, 2.75) is 25.8 Å². The van der Waals surface area contributed by atoms with E-state index in [9.17, 15) is 19.7 Å². The fourth-order valence-corrected chi connectivity index (χ4v) is 1.99. The summed E-state index contributed by atoms with van der Waals surface area (Å²) >= 11 is 5.53. The number of amides is 1. The average molecular weight is 314 g/mol. The van der Waals surface area contributed by atoms with Gasteiger partial charge in [-0.05, 0) is 19.4 Å². The van der Waals surface area contributed by atoms with Gasteiger partial charge in [-0.2, -0.15) is 0 Å². The van der Waals surface area contributed by atoms with Crippen LogP contribution in [-0.4, -0.2) is 28.0 Å². The van der Waals surface area contributed by atoms with Crippen molar-refractivity contribution < 1.29 is 14.5 Å². The van der Waals surface area contributed by atoms with Gasteiger partial charge in [0.15, 0.2) is 5.78 Å². The Morgan fingerprint density at radius 1 is 1.43 bits per heavy atom. The Morgan fingerprint density at radius 3 is 2.52 bits per heavy atom. The number of nitrogens with zero attached hydrogens (tertiary/aromatic N) is 1. The van der Waals surface area contributed by atoms with Crippen LogP contribution in [0.25, 0.3) is 0 Å². The molecule has 0 bridgehead atoms. The summed E-state index contributed by atoms with van der Waals surface area (Å²) in [6.07, 6.45) is 0.342. The largest absolute Gasteiger partial charge is 0.399 e. The number of Topliss-reactive ketones (excluding diaryl/α,β-unsaturated/α-hetero) is 1. The predicted molar refractivity (Wildman–Crippen MR) is 79.4 cm³/mol. The number of nitrogens with two attached hydrogens (primary N) is 1. The number of benzene rings is 1. The minimum atomic E-state index is -1.13. The fraction of sp³-hybridized carbons (Fsp3) is 0.385. The predicted octanol–water partition coefficient (Wildman–Crippen LogP) is 1.88. The van der Waals surface area contributed by atoms with Crippen molar-refractivity contribution in [3.05, 3.63) is 33.9 Å². The summed E-state index contributed by atoms with van der Waals surface area (Å²) in [4.78, 5) is 34.1. The Hall–Kier alpha value is -2.15. The van der Waals surface area contributed by atoms with Crippen molar-refractivity contribution in [3.63, 3.8) is 0 Å². The number of ketones is 1. The van der Waals surface area contributed by atoms with Crippen LogP contribution in [0.3, 0.4) is 0 Å². The standard InChI is InChI=1S/C13H16ClN3O4/c1-3-13(2,11(18)7-14)16-12(19)8-4-9(15)6-10(5-8)17(20)21/h4-6H,3,7,15H2,1-2H3,(H,16,19). The summed E-state index contributed by atoms with van der Waals surface area (Å²) < 4.78 is 0. The topological polar surface area (TPSA) is 115 Å². The maximum Gasteiger partial charge on any atom is 0.272 e. The smallest absolute Gasteiger partial charge is 0.272 e. The molecule has 1 aromatic rings. The van der Waals surface area contributed by atoms with Crippen LogP contribution in [0.2, 0.25) is 0 Å². The summed E-state index contributed by atoms with van der Waals surface area (Å²) in [5.41, 5.74) is 4.24. The zero-order chi connectivity index (χ0) is 16.2. The Morgan fingerprint density at radius 2 is 2.05 bits per heavy atom. The molecule has 0 aliphatic carbocycles. The second kappa shape index (κ2) is 6.53. The van der Waals surface area contributed by atoms with Crippen molar-refractivity contribution in [3.8, 4) is 0 Å². The highest BCUT2D eigenvalue weighted by Crippen LogP contribution is 2.20. The molecule has 3 N–H and O–H groups in total. The molecule has 21 heavy (non-hydrogen) atoms.